The highest BCUT2D eigenvalue weighted by atomic mass is 16.2. The van der Waals surface area contributed by atoms with Crippen LogP contribution < -0.4 is 5.32 Å². The second-order valence-electron chi connectivity index (χ2n) is 5.10. The van der Waals surface area contributed by atoms with Gasteiger partial charge >= 0.3 is 0 Å². The van der Waals surface area contributed by atoms with E-state index in [1.54, 1.807) is 4.90 Å². The zero-order valence-corrected chi connectivity index (χ0v) is 12.1. The van der Waals surface area contributed by atoms with E-state index in [1.165, 1.54) is 32.1 Å². The molecule has 0 aliphatic carbocycles. The first-order chi connectivity index (χ1) is 8.07. The molecule has 1 amide bonds. The van der Waals surface area contributed by atoms with Gasteiger partial charge < -0.3 is 10.2 Å². The third kappa shape index (κ3) is 10.3. The minimum atomic E-state index is 0.224. The van der Waals surface area contributed by atoms with Gasteiger partial charge in [0.15, 0.2) is 0 Å². The standard InChI is InChI=1S/C14H30N2O/c1-5-6-7-8-10-13(2)15-12-9-11-14(17)16(3)4/h13,15H,5-12H2,1-4H3. The van der Waals surface area contributed by atoms with Gasteiger partial charge in [-0.2, -0.15) is 0 Å². The number of carbonyl (C=O) groups excluding carboxylic acids is 1. The zero-order chi connectivity index (χ0) is 13.1. The minimum Gasteiger partial charge on any atom is -0.349 e. The first kappa shape index (κ1) is 16.4. The first-order valence-corrected chi connectivity index (χ1v) is 7.01. The molecule has 0 aromatic rings. The number of carbonyl (C=O) groups is 1. The van der Waals surface area contributed by atoms with Crippen molar-refractivity contribution < 1.29 is 4.79 Å². The Balaban J connectivity index is 3.33. The molecule has 102 valence electrons. The average molecular weight is 242 g/mol. The Morgan fingerprint density at radius 1 is 1.18 bits per heavy atom. The van der Waals surface area contributed by atoms with Crippen LogP contribution in [0.15, 0.2) is 0 Å². The van der Waals surface area contributed by atoms with Crippen molar-refractivity contribution in [3.05, 3.63) is 0 Å². The average Bonchev–Trinajstić information content (AvgIpc) is 2.29. The molecule has 0 saturated carbocycles. The Morgan fingerprint density at radius 3 is 2.47 bits per heavy atom. The van der Waals surface area contributed by atoms with Crippen molar-refractivity contribution in [2.75, 3.05) is 20.6 Å². The molecular weight excluding hydrogens is 212 g/mol. The quantitative estimate of drug-likeness (QED) is 0.597. The molecule has 1 N–H and O–H groups in total. The maximum atomic E-state index is 11.3. The Hall–Kier alpha value is -0.570. The molecule has 0 aromatic heterocycles. The van der Waals surface area contributed by atoms with E-state index in [2.05, 4.69) is 19.2 Å². The maximum absolute atomic E-state index is 11.3. The van der Waals surface area contributed by atoms with Gasteiger partial charge in [0.25, 0.3) is 0 Å². The predicted octanol–water partition coefficient (Wildman–Crippen LogP) is 2.80. The van der Waals surface area contributed by atoms with E-state index in [0.717, 1.165) is 13.0 Å². The lowest BCUT2D eigenvalue weighted by Crippen LogP contribution is -2.28. The molecule has 0 bridgehead atoms. The first-order valence-electron chi connectivity index (χ1n) is 7.01. The van der Waals surface area contributed by atoms with Crippen molar-refractivity contribution in [1.82, 2.24) is 10.2 Å². The lowest BCUT2D eigenvalue weighted by atomic mass is 10.1. The fourth-order valence-electron chi connectivity index (χ4n) is 1.79. The van der Waals surface area contributed by atoms with Crippen LogP contribution in [0.5, 0.6) is 0 Å². The topological polar surface area (TPSA) is 32.3 Å². The van der Waals surface area contributed by atoms with Crippen molar-refractivity contribution in [2.24, 2.45) is 0 Å². The summed E-state index contributed by atoms with van der Waals surface area (Å²) in [6.45, 7) is 5.43. The second kappa shape index (κ2) is 10.6. The van der Waals surface area contributed by atoms with Crippen molar-refractivity contribution in [3.8, 4) is 0 Å². The maximum Gasteiger partial charge on any atom is 0.222 e. The lowest BCUT2D eigenvalue weighted by Gasteiger charge is -2.14. The smallest absolute Gasteiger partial charge is 0.222 e. The van der Waals surface area contributed by atoms with Crippen molar-refractivity contribution >= 4 is 5.91 Å². The summed E-state index contributed by atoms with van der Waals surface area (Å²) in [6.07, 6.45) is 8.17. The largest absolute Gasteiger partial charge is 0.349 e. The van der Waals surface area contributed by atoms with E-state index in [0.29, 0.717) is 12.5 Å². The zero-order valence-electron chi connectivity index (χ0n) is 12.1. The van der Waals surface area contributed by atoms with Gasteiger partial charge in [0, 0.05) is 26.6 Å². The molecule has 0 radical (unpaired) electrons. The predicted molar refractivity (Wildman–Crippen MR) is 74.2 cm³/mol. The van der Waals surface area contributed by atoms with Gasteiger partial charge in [0.05, 0.1) is 0 Å². The summed E-state index contributed by atoms with van der Waals surface area (Å²) in [5.74, 6) is 0.224. The van der Waals surface area contributed by atoms with Crippen LogP contribution in [0.2, 0.25) is 0 Å². The molecule has 1 unspecified atom stereocenters. The fraction of sp³-hybridized carbons (Fsp3) is 0.929. The van der Waals surface area contributed by atoms with Crippen molar-refractivity contribution in [1.29, 1.82) is 0 Å². The van der Waals surface area contributed by atoms with Gasteiger partial charge in [-0.1, -0.05) is 32.6 Å². The number of nitrogens with one attached hydrogen (secondary N) is 1. The molecular formula is C14H30N2O. The highest BCUT2D eigenvalue weighted by Gasteiger charge is 2.04. The van der Waals surface area contributed by atoms with Crippen LogP contribution in [0, 0.1) is 0 Å². The SMILES string of the molecule is CCCCCCC(C)NCCCC(=O)N(C)C. The summed E-state index contributed by atoms with van der Waals surface area (Å²) in [5.41, 5.74) is 0. The molecule has 0 aliphatic rings. The minimum absolute atomic E-state index is 0.224. The summed E-state index contributed by atoms with van der Waals surface area (Å²) in [5, 5.41) is 3.48. The molecule has 0 aromatic carbocycles. The van der Waals surface area contributed by atoms with Crippen molar-refractivity contribution in [3.63, 3.8) is 0 Å². The summed E-state index contributed by atoms with van der Waals surface area (Å²) < 4.78 is 0. The number of unbranched alkanes of at least 4 members (excludes halogenated alkanes) is 3. The number of nitrogens with zero attached hydrogens (tertiary/aromatic N) is 1. The molecule has 0 fully saturated rings. The van der Waals surface area contributed by atoms with Gasteiger partial charge in [-0.25, -0.2) is 0 Å². The number of rotatable bonds is 10. The third-order valence-electron chi connectivity index (χ3n) is 3.05. The summed E-state index contributed by atoms with van der Waals surface area (Å²) in [6, 6.07) is 0.585. The fourth-order valence-corrected chi connectivity index (χ4v) is 1.79. The summed E-state index contributed by atoms with van der Waals surface area (Å²) in [7, 11) is 3.62. The van der Waals surface area contributed by atoms with Crippen molar-refractivity contribution in [2.45, 2.75) is 64.8 Å². The van der Waals surface area contributed by atoms with Gasteiger partial charge in [0.1, 0.15) is 0 Å². The van der Waals surface area contributed by atoms with E-state index < -0.39 is 0 Å². The number of amides is 1. The number of hydrogen-bond acceptors (Lipinski definition) is 2. The molecule has 0 spiro atoms. The monoisotopic (exact) mass is 242 g/mol. The van der Waals surface area contributed by atoms with Gasteiger partial charge in [0.2, 0.25) is 5.91 Å². The Morgan fingerprint density at radius 2 is 1.88 bits per heavy atom. The third-order valence-corrected chi connectivity index (χ3v) is 3.05. The van der Waals surface area contributed by atoms with E-state index in [9.17, 15) is 4.79 Å². The molecule has 3 heteroatoms. The van der Waals surface area contributed by atoms with E-state index in [-0.39, 0.29) is 5.91 Å². The molecule has 0 aliphatic heterocycles. The van der Waals surface area contributed by atoms with Crippen LogP contribution in [0.25, 0.3) is 0 Å². The van der Waals surface area contributed by atoms with Crippen LogP contribution in [0.4, 0.5) is 0 Å². The summed E-state index contributed by atoms with van der Waals surface area (Å²) in [4.78, 5) is 13.0. The normalized spacial score (nSPS) is 12.5. The molecule has 1 atom stereocenters. The van der Waals surface area contributed by atoms with Crippen LogP contribution in [0.1, 0.15) is 58.8 Å². The Labute approximate surface area is 107 Å². The Kier molecular flexibility index (Phi) is 10.2. The second-order valence-corrected chi connectivity index (χ2v) is 5.10. The molecule has 17 heavy (non-hydrogen) atoms. The van der Waals surface area contributed by atoms with Gasteiger partial charge in [-0.05, 0) is 26.3 Å². The van der Waals surface area contributed by atoms with Gasteiger partial charge in [-0.15, -0.1) is 0 Å². The Bertz CT molecular complexity index is 193. The van der Waals surface area contributed by atoms with E-state index in [4.69, 9.17) is 0 Å². The highest BCUT2D eigenvalue weighted by Crippen LogP contribution is 2.05. The highest BCUT2D eigenvalue weighted by molar-refractivity contribution is 5.75. The van der Waals surface area contributed by atoms with E-state index >= 15 is 0 Å². The summed E-state index contributed by atoms with van der Waals surface area (Å²) >= 11 is 0. The van der Waals surface area contributed by atoms with Crippen LogP contribution in [-0.4, -0.2) is 37.5 Å². The number of hydrogen-bond donors (Lipinski definition) is 1. The molecule has 0 rings (SSSR count). The van der Waals surface area contributed by atoms with Crippen LogP contribution in [0.3, 0.4) is 0 Å². The molecule has 3 nitrogen and oxygen atoms in total. The van der Waals surface area contributed by atoms with Crippen LogP contribution >= 0.6 is 0 Å². The molecule has 0 heterocycles. The van der Waals surface area contributed by atoms with Crippen LogP contribution in [-0.2, 0) is 4.79 Å². The van der Waals surface area contributed by atoms with E-state index in [1.807, 2.05) is 14.1 Å². The lowest BCUT2D eigenvalue weighted by molar-refractivity contribution is -0.128. The molecule has 0 saturated heterocycles. The van der Waals surface area contributed by atoms with Gasteiger partial charge in [-0.3, -0.25) is 4.79 Å².